The van der Waals surface area contributed by atoms with Gasteiger partial charge in [0.1, 0.15) is 4.90 Å². The molecule has 0 atom stereocenters. The molecule has 1 aromatic heterocycles. The average Bonchev–Trinajstić information content (AvgIpc) is 2.98. The van der Waals surface area contributed by atoms with Crippen LogP contribution in [0.25, 0.3) is 5.69 Å². The normalized spacial score (nSPS) is 11.7. The van der Waals surface area contributed by atoms with Crippen LogP contribution >= 0.6 is 23.2 Å². The molecule has 0 amide bonds. The minimum Gasteiger partial charge on any atom is -0.378 e. The van der Waals surface area contributed by atoms with Gasteiger partial charge in [-0.15, -0.1) is 0 Å². The highest BCUT2D eigenvalue weighted by molar-refractivity contribution is 7.87. The van der Waals surface area contributed by atoms with Crippen LogP contribution in [0.2, 0.25) is 10.0 Å². The molecule has 3 aromatic rings. The summed E-state index contributed by atoms with van der Waals surface area (Å²) in [6.45, 7) is 5.58. The lowest BCUT2D eigenvalue weighted by atomic mass is 10.1. The predicted molar refractivity (Wildman–Crippen MR) is 113 cm³/mol. The maximum atomic E-state index is 13.1. The van der Waals surface area contributed by atoms with E-state index in [1.165, 1.54) is 17.9 Å². The lowest BCUT2D eigenvalue weighted by Crippen LogP contribution is -2.15. The van der Waals surface area contributed by atoms with Crippen molar-refractivity contribution in [2.45, 2.75) is 32.3 Å². The molecule has 3 rings (SSSR count). The van der Waals surface area contributed by atoms with E-state index in [9.17, 15) is 8.42 Å². The molecule has 154 valence electrons. The fourth-order valence-electron chi connectivity index (χ4n) is 3.20. The Kier molecular flexibility index (Phi) is 6.24. The van der Waals surface area contributed by atoms with Gasteiger partial charge in [0.2, 0.25) is 5.88 Å². The van der Waals surface area contributed by atoms with Crippen LogP contribution in [0, 0.1) is 20.8 Å². The Labute approximate surface area is 180 Å². The van der Waals surface area contributed by atoms with E-state index in [-0.39, 0.29) is 17.4 Å². The maximum absolute atomic E-state index is 13.1. The fraction of sp³-hybridized carbons (Fsp3) is 0.250. The van der Waals surface area contributed by atoms with Gasteiger partial charge in [-0.05, 0) is 50.1 Å². The molecule has 0 saturated carbocycles. The van der Waals surface area contributed by atoms with Crippen LogP contribution in [-0.2, 0) is 21.5 Å². The number of hydrogen-bond donors (Lipinski definition) is 0. The fourth-order valence-corrected chi connectivity index (χ4v) is 4.83. The van der Waals surface area contributed by atoms with Crippen LogP contribution in [0.1, 0.15) is 22.4 Å². The summed E-state index contributed by atoms with van der Waals surface area (Å²) in [7, 11) is -2.58. The zero-order valence-electron chi connectivity index (χ0n) is 16.4. The second-order valence-corrected chi connectivity index (χ2v) is 8.98. The van der Waals surface area contributed by atoms with Crippen LogP contribution in [-0.4, -0.2) is 25.3 Å². The van der Waals surface area contributed by atoms with Crippen LogP contribution in [0.3, 0.4) is 0 Å². The number of benzene rings is 2. The van der Waals surface area contributed by atoms with Crippen molar-refractivity contribution in [3.8, 4) is 11.6 Å². The largest absolute Gasteiger partial charge is 0.378 e. The van der Waals surface area contributed by atoms with E-state index in [1.807, 2.05) is 6.92 Å². The van der Waals surface area contributed by atoms with E-state index >= 15 is 0 Å². The lowest BCUT2D eigenvalue weighted by molar-refractivity contribution is 0.181. The lowest BCUT2D eigenvalue weighted by Gasteiger charge is -2.14. The third-order valence-corrected chi connectivity index (χ3v) is 6.49. The smallest absolute Gasteiger partial charge is 0.341 e. The first-order valence-corrected chi connectivity index (χ1v) is 10.8. The van der Waals surface area contributed by atoms with Gasteiger partial charge in [-0.1, -0.05) is 40.9 Å². The van der Waals surface area contributed by atoms with Gasteiger partial charge in [0.15, 0.2) is 0 Å². The molecule has 0 aliphatic carbocycles. The molecule has 0 N–H and O–H groups in total. The maximum Gasteiger partial charge on any atom is 0.341 e. The van der Waals surface area contributed by atoms with Gasteiger partial charge >= 0.3 is 10.1 Å². The van der Waals surface area contributed by atoms with Gasteiger partial charge in [-0.3, -0.25) is 0 Å². The van der Waals surface area contributed by atoms with Crippen molar-refractivity contribution in [1.82, 2.24) is 9.78 Å². The third kappa shape index (κ3) is 4.59. The quantitative estimate of drug-likeness (QED) is 0.489. The molecule has 6 nitrogen and oxygen atoms in total. The Bertz CT molecular complexity index is 1150. The van der Waals surface area contributed by atoms with E-state index < -0.39 is 10.1 Å². The van der Waals surface area contributed by atoms with E-state index in [1.54, 1.807) is 44.2 Å². The van der Waals surface area contributed by atoms with Gasteiger partial charge in [-0.25, -0.2) is 0 Å². The number of hydrogen-bond acceptors (Lipinski definition) is 5. The molecule has 9 heteroatoms. The number of ether oxygens (including phenoxy) is 1. The molecule has 2 aromatic carbocycles. The van der Waals surface area contributed by atoms with Crippen molar-refractivity contribution in [3.05, 3.63) is 68.8 Å². The monoisotopic (exact) mass is 454 g/mol. The van der Waals surface area contributed by atoms with Gasteiger partial charge in [0.25, 0.3) is 0 Å². The Morgan fingerprint density at radius 2 is 1.66 bits per heavy atom. The molecule has 0 unspecified atom stereocenters. The summed E-state index contributed by atoms with van der Waals surface area (Å²) in [5, 5.41) is 5.07. The van der Waals surface area contributed by atoms with Gasteiger partial charge in [0, 0.05) is 13.2 Å². The summed E-state index contributed by atoms with van der Waals surface area (Å²) < 4.78 is 38.1. The topological polar surface area (TPSA) is 70.4 Å². The first-order valence-electron chi connectivity index (χ1n) is 8.68. The first kappa shape index (κ1) is 21.6. The second kappa shape index (κ2) is 8.36. The van der Waals surface area contributed by atoms with Crippen molar-refractivity contribution in [3.63, 3.8) is 0 Å². The first-order chi connectivity index (χ1) is 13.6. The zero-order valence-corrected chi connectivity index (χ0v) is 18.7. The average molecular weight is 455 g/mol. The summed E-state index contributed by atoms with van der Waals surface area (Å²) in [5.41, 5.74) is 3.20. The highest BCUT2D eigenvalue weighted by Gasteiger charge is 2.25. The molecule has 0 aliphatic rings. The number of aryl methyl sites for hydroxylation is 3. The number of rotatable bonds is 6. The zero-order chi connectivity index (χ0) is 21.3. The molecule has 0 saturated heterocycles. The van der Waals surface area contributed by atoms with Gasteiger partial charge < -0.3 is 8.92 Å². The molecular formula is C20H20Cl2N2O4S. The van der Waals surface area contributed by atoms with E-state index in [0.717, 1.165) is 5.56 Å². The van der Waals surface area contributed by atoms with Crippen LogP contribution < -0.4 is 4.18 Å². The molecule has 0 fully saturated rings. The molecular weight excluding hydrogens is 435 g/mol. The minimum atomic E-state index is -4.10. The van der Waals surface area contributed by atoms with Crippen LogP contribution in [0.4, 0.5) is 0 Å². The van der Waals surface area contributed by atoms with E-state index in [0.29, 0.717) is 32.6 Å². The number of aromatic nitrogens is 2. The van der Waals surface area contributed by atoms with Crippen LogP contribution in [0.15, 0.2) is 41.3 Å². The minimum absolute atomic E-state index is 0.0230. The third-order valence-electron chi connectivity index (χ3n) is 4.22. The summed E-state index contributed by atoms with van der Waals surface area (Å²) in [4.78, 5) is 0.137. The van der Waals surface area contributed by atoms with Crippen molar-refractivity contribution in [1.29, 1.82) is 0 Å². The van der Waals surface area contributed by atoms with Crippen molar-refractivity contribution in [2.24, 2.45) is 0 Å². The Morgan fingerprint density at radius 1 is 1.00 bits per heavy atom. The SMILES string of the molecule is COCc1cc(OS(=O)(=O)c2c(C)cc(C)cc2C)n(-c2ccc(Cl)c(Cl)c2)n1. The van der Waals surface area contributed by atoms with Gasteiger partial charge in [-0.2, -0.15) is 18.2 Å². The van der Waals surface area contributed by atoms with Crippen molar-refractivity contribution >= 4 is 33.3 Å². The summed E-state index contributed by atoms with van der Waals surface area (Å²) in [5.74, 6) is 0.0230. The van der Waals surface area contributed by atoms with Gasteiger partial charge in [0.05, 0.1) is 28.0 Å². The number of methoxy groups -OCH3 is 1. The summed E-state index contributed by atoms with van der Waals surface area (Å²) in [6, 6.07) is 9.96. The molecule has 29 heavy (non-hydrogen) atoms. The highest BCUT2D eigenvalue weighted by Crippen LogP contribution is 2.30. The van der Waals surface area contributed by atoms with Crippen LogP contribution in [0.5, 0.6) is 5.88 Å². The number of halogens is 2. The summed E-state index contributed by atoms with van der Waals surface area (Å²) in [6.07, 6.45) is 0. The molecule has 1 heterocycles. The van der Waals surface area contributed by atoms with E-state index in [4.69, 9.17) is 32.1 Å². The molecule has 0 bridgehead atoms. The highest BCUT2D eigenvalue weighted by atomic mass is 35.5. The van der Waals surface area contributed by atoms with Crippen molar-refractivity contribution < 1.29 is 17.3 Å². The molecule has 0 aliphatic heterocycles. The Morgan fingerprint density at radius 3 is 2.24 bits per heavy atom. The standard InChI is InChI=1S/C20H20Cl2N2O4S/c1-12-7-13(2)20(14(3)8-12)29(25,26)28-19-9-15(11-27-4)23-24(19)16-5-6-17(21)18(22)10-16/h5-10H,11H2,1-4H3. The van der Waals surface area contributed by atoms with E-state index in [2.05, 4.69) is 5.10 Å². The molecule has 0 spiro atoms. The Balaban J connectivity index is 2.10. The Hall–Kier alpha value is -2.06. The van der Waals surface area contributed by atoms with Crippen molar-refractivity contribution in [2.75, 3.05) is 7.11 Å². The predicted octanol–water partition coefficient (Wildman–Crippen LogP) is 5.02. The second-order valence-electron chi connectivity index (χ2n) is 6.68. The summed E-state index contributed by atoms with van der Waals surface area (Å²) >= 11 is 12.1. The molecule has 0 radical (unpaired) electrons. The number of nitrogens with zero attached hydrogens (tertiary/aromatic N) is 2.